The molecule has 0 aliphatic heterocycles. The summed E-state index contributed by atoms with van der Waals surface area (Å²) in [6.45, 7) is 2.48. The highest BCUT2D eigenvalue weighted by molar-refractivity contribution is 6.07. The van der Waals surface area contributed by atoms with E-state index in [0.29, 0.717) is 16.8 Å². The number of carboxylic acids is 1. The van der Waals surface area contributed by atoms with Crippen molar-refractivity contribution in [2.24, 2.45) is 5.41 Å². The third kappa shape index (κ3) is 5.30. The zero-order chi connectivity index (χ0) is 25.3. The minimum absolute atomic E-state index is 0.0156. The van der Waals surface area contributed by atoms with E-state index >= 15 is 0 Å². The number of ether oxygens (including phenoxy) is 1. The molecule has 0 fully saturated rings. The minimum Gasteiger partial charge on any atom is -0.507 e. The molecule has 0 saturated heterocycles. The summed E-state index contributed by atoms with van der Waals surface area (Å²) in [5.74, 6) is -2.88. The van der Waals surface area contributed by atoms with Crippen LogP contribution in [0.25, 0.3) is 10.8 Å². The molecule has 34 heavy (non-hydrogen) atoms. The molecule has 0 aliphatic rings. The number of rotatable bonds is 8. The molecule has 0 aromatic heterocycles. The summed E-state index contributed by atoms with van der Waals surface area (Å²) < 4.78 is 58.5. The van der Waals surface area contributed by atoms with Gasteiger partial charge in [-0.3, -0.25) is 9.59 Å². The highest BCUT2D eigenvalue weighted by Gasteiger charge is 2.31. The van der Waals surface area contributed by atoms with E-state index in [1.807, 2.05) is 0 Å². The number of carbonyl (C=O) groups excluding carboxylic acids is 1. The van der Waals surface area contributed by atoms with E-state index < -0.39 is 41.3 Å². The highest BCUT2D eigenvalue weighted by Crippen LogP contribution is 2.38. The molecule has 180 valence electrons. The summed E-state index contributed by atoms with van der Waals surface area (Å²) in [6, 6.07) is 9.69. The molecule has 5 nitrogen and oxygen atoms in total. The summed E-state index contributed by atoms with van der Waals surface area (Å²) in [4.78, 5) is 24.3. The minimum atomic E-state index is -4.70. The number of phenolic OH excluding ortho intramolecular Hbond substituents is 1. The number of carboxylic acid groups (broad SMARTS) is 1. The quantitative estimate of drug-likeness (QED) is 0.291. The molecule has 3 aromatic rings. The van der Waals surface area contributed by atoms with Gasteiger partial charge >= 0.3 is 12.1 Å². The number of ketones is 1. The van der Waals surface area contributed by atoms with Crippen LogP contribution in [0.3, 0.4) is 0 Å². The Balaban J connectivity index is 1.97. The molecule has 0 amide bonds. The van der Waals surface area contributed by atoms with Gasteiger partial charge in [-0.25, -0.2) is 4.39 Å². The Kier molecular flexibility index (Phi) is 6.86. The van der Waals surface area contributed by atoms with Crippen molar-refractivity contribution in [2.45, 2.75) is 39.5 Å². The topological polar surface area (TPSA) is 83.8 Å². The van der Waals surface area contributed by atoms with E-state index in [-0.39, 0.29) is 35.5 Å². The Morgan fingerprint density at radius 1 is 1.00 bits per heavy atom. The van der Waals surface area contributed by atoms with Crippen LogP contribution >= 0.6 is 0 Å². The number of Topliss-reactive ketones (excluding diaryl/α,β-unsaturated/α-hetero) is 1. The number of phenols is 1. The summed E-state index contributed by atoms with van der Waals surface area (Å²) in [5.41, 5.74) is -2.50. The van der Waals surface area contributed by atoms with Crippen LogP contribution in [0, 0.1) is 11.2 Å². The average molecular weight is 478 g/mol. The van der Waals surface area contributed by atoms with Gasteiger partial charge in [0.05, 0.1) is 16.5 Å². The molecule has 2 N–H and O–H groups in total. The third-order valence-electron chi connectivity index (χ3n) is 5.58. The van der Waals surface area contributed by atoms with Gasteiger partial charge in [0.2, 0.25) is 0 Å². The molecule has 0 radical (unpaired) electrons. The number of alkyl halides is 3. The van der Waals surface area contributed by atoms with Crippen molar-refractivity contribution in [3.05, 3.63) is 71.0 Å². The lowest BCUT2D eigenvalue weighted by atomic mass is 9.86. The van der Waals surface area contributed by atoms with Crippen molar-refractivity contribution in [2.75, 3.05) is 0 Å². The van der Waals surface area contributed by atoms with Crippen LogP contribution in [0.2, 0.25) is 0 Å². The van der Waals surface area contributed by atoms with Crippen molar-refractivity contribution in [3.8, 4) is 11.5 Å². The molecule has 0 unspecified atom stereocenters. The maximum atomic E-state index is 14.3. The van der Waals surface area contributed by atoms with Gasteiger partial charge in [0.1, 0.15) is 23.9 Å². The van der Waals surface area contributed by atoms with Gasteiger partial charge in [0.25, 0.3) is 0 Å². The van der Waals surface area contributed by atoms with Gasteiger partial charge in [0, 0.05) is 22.8 Å². The van der Waals surface area contributed by atoms with Crippen LogP contribution in [0.5, 0.6) is 11.5 Å². The fraction of sp³-hybridized carbons (Fsp3) is 0.280. The molecular weight excluding hydrogens is 456 g/mol. The lowest BCUT2D eigenvalue weighted by Crippen LogP contribution is -2.24. The summed E-state index contributed by atoms with van der Waals surface area (Å²) in [7, 11) is 0. The van der Waals surface area contributed by atoms with E-state index in [4.69, 9.17) is 4.74 Å². The Morgan fingerprint density at radius 2 is 1.65 bits per heavy atom. The average Bonchev–Trinajstić information content (AvgIpc) is 2.76. The number of aromatic hydroxyl groups is 1. The normalized spacial score (nSPS) is 12.1. The highest BCUT2D eigenvalue weighted by atomic mass is 19.4. The standard InChI is InChI=1S/C25H22F4O5/c1-24(2,23(32)33)10-9-20(30)18-12-21(31)16-5-3-4-6-17(16)22(18)34-13-14-7-8-15(11-19(14)26)25(27,28)29/h3-8,11-12,31H,9-10,13H2,1-2H3,(H,32,33). The van der Waals surface area contributed by atoms with Crippen LogP contribution in [0.1, 0.15) is 48.2 Å². The maximum absolute atomic E-state index is 14.3. The Morgan fingerprint density at radius 3 is 2.24 bits per heavy atom. The van der Waals surface area contributed by atoms with Crippen LogP contribution in [-0.4, -0.2) is 22.0 Å². The van der Waals surface area contributed by atoms with E-state index in [2.05, 4.69) is 0 Å². The SMILES string of the molecule is CC(C)(CCC(=O)c1cc(O)c2ccccc2c1OCc1ccc(C(F)(F)F)cc1F)C(=O)O. The van der Waals surface area contributed by atoms with Gasteiger partial charge in [-0.05, 0) is 38.5 Å². The van der Waals surface area contributed by atoms with E-state index in [9.17, 15) is 37.4 Å². The molecule has 3 aromatic carbocycles. The summed E-state index contributed by atoms with van der Waals surface area (Å²) in [5, 5.41) is 20.4. The van der Waals surface area contributed by atoms with Crippen LogP contribution < -0.4 is 4.74 Å². The molecule has 0 bridgehead atoms. The number of benzene rings is 3. The predicted octanol–water partition coefficient (Wildman–Crippen LogP) is 6.36. The van der Waals surface area contributed by atoms with E-state index in [1.165, 1.54) is 19.9 Å². The van der Waals surface area contributed by atoms with Crippen molar-refractivity contribution in [3.63, 3.8) is 0 Å². The second-order valence-electron chi connectivity index (χ2n) is 8.52. The molecule has 9 heteroatoms. The van der Waals surface area contributed by atoms with Gasteiger partial charge in [-0.2, -0.15) is 13.2 Å². The van der Waals surface area contributed by atoms with Gasteiger partial charge in [-0.1, -0.05) is 30.3 Å². The lowest BCUT2D eigenvalue weighted by Gasteiger charge is -2.19. The maximum Gasteiger partial charge on any atom is 0.416 e. The van der Waals surface area contributed by atoms with Crippen molar-refractivity contribution in [1.82, 2.24) is 0 Å². The number of fused-ring (bicyclic) bond motifs is 1. The first-order chi connectivity index (χ1) is 15.8. The lowest BCUT2D eigenvalue weighted by molar-refractivity contribution is -0.147. The Bertz CT molecular complexity index is 1250. The van der Waals surface area contributed by atoms with Crippen LogP contribution in [0.4, 0.5) is 17.6 Å². The van der Waals surface area contributed by atoms with E-state index in [0.717, 1.165) is 12.1 Å². The molecule has 3 rings (SSSR count). The fourth-order valence-electron chi connectivity index (χ4n) is 3.35. The van der Waals surface area contributed by atoms with Gasteiger partial charge < -0.3 is 14.9 Å². The van der Waals surface area contributed by atoms with Gasteiger partial charge in [0.15, 0.2) is 5.78 Å². The second-order valence-corrected chi connectivity index (χ2v) is 8.52. The monoisotopic (exact) mass is 478 g/mol. The first kappa shape index (κ1) is 25.0. The Hall–Kier alpha value is -3.62. The molecule has 0 aliphatic carbocycles. The fourth-order valence-corrected chi connectivity index (χ4v) is 3.35. The molecule has 0 atom stereocenters. The van der Waals surface area contributed by atoms with Crippen molar-refractivity contribution < 1.29 is 42.1 Å². The number of aliphatic carboxylic acids is 1. The van der Waals surface area contributed by atoms with Crippen molar-refractivity contribution in [1.29, 1.82) is 0 Å². The largest absolute Gasteiger partial charge is 0.507 e. The molecular formula is C25H22F4O5. The number of hydrogen-bond acceptors (Lipinski definition) is 4. The number of halogens is 4. The smallest absolute Gasteiger partial charge is 0.416 e. The second kappa shape index (κ2) is 9.32. The van der Waals surface area contributed by atoms with Gasteiger partial charge in [-0.15, -0.1) is 0 Å². The van der Waals surface area contributed by atoms with Crippen LogP contribution in [-0.2, 0) is 17.6 Å². The summed E-state index contributed by atoms with van der Waals surface area (Å²) in [6.07, 6.45) is -4.85. The summed E-state index contributed by atoms with van der Waals surface area (Å²) >= 11 is 0. The zero-order valence-electron chi connectivity index (χ0n) is 18.4. The van der Waals surface area contributed by atoms with Crippen LogP contribution in [0.15, 0.2) is 48.5 Å². The molecule has 0 spiro atoms. The van der Waals surface area contributed by atoms with E-state index in [1.54, 1.807) is 24.3 Å². The Labute approximate surface area is 192 Å². The predicted molar refractivity (Wildman–Crippen MR) is 116 cm³/mol. The first-order valence-electron chi connectivity index (χ1n) is 10.3. The zero-order valence-corrected chi connectivity index (χ0v) is 18.4. The first-order valence-corrected chi connectivity index (χ1v) is 10.3. The third-order valence-corrected chi connectivity index (χ3v) is 5.58. The number of carbonyl (C=O) groups is 2. The molecule has 0 heterocycles. The van der Waals surface area contributed by atoms with Crippen molar-refractivity contribution >= 4 is 22.5 Å². The number of hydrogen-bond donors (Lipinski definition) is 2. The molecule has 0 saturated carbocycles.